The number of nitrogens with zero attached hydrogens (tertiary/aromatic N) is 1. The summed E-state index contributed by atoms with van der Waals surface area (Å²) in [5.74, 6) is -3.20. The van der Waals surface area contributed by atoms with E-state index in [1.54, 1.807) is 0 Å². The van der Waals surface area contributed by atoms with Crippen molar-refractivity contribution in [1.29, 1.82) is 0 Å². The average molecular weight is 387 g/mol. The lowest BCUT2D eigenvalue weighted by molar-refractivity contribution is -0.155. The summed E-state index contributed by atoms with van der Waals surface area (Å²) in [5.41, 5.74) is 0. The maximum absolute atomic E-state index is 11.7. The van der Waals surface area contributed by atoms with Crippen LogP contribution in [0, 0.1) is 0 Å². The van der Waals surface area contributed by atoms with Crippen molar-refractivity contribution < 1.29 is 34.4 Å². The molecule has 156 valence electrons. The van der Waals surface area contributed by atoms with Gasteiger partial charge in [0.15, 0.2) is 6.10 Å². The summed E-state index contributed by atoms with van der Waals surface area (Å²) in [6, 6.07) is -1.86. The van der Waals surface area contributed by atoms with Gasteiger partial charge in [0.05, 0.1) is 6.10 Å². The first-order valence-electron chi connectivity index (χ1n) is 9.91. The van der Waals surface area contributed by atoms with Crippen molar-refractivity contribution in [2.45, 2.75) is 95.9 Å². The molecule has 0 radical (unpaired) electrons. The lowest BCUT2D eigenvalue weighted by Crippen LogP contribution is -2.47. The molecule has 8 nitrogen and oxygen atoms in total. The van der Waals surface area contributed by atoms with Crippen LogP contribution in [0.15, 0.2) is 0 Å². The van der Waals surface area contributed by atoms with Crippen molar-refractivity contribution in [3.05, 3.63) is 0 Å². The van der Waals surface area contributed by atoms with Gasteiger partial charge in [-0.15, -0.1) is 0 Å². The summed E-state index contributed by atoms with van der Waals surface area (Å²) >= 11 is 0. The highest BCUT2D eigenvalue weighted by Gasteiger charge is 2.44. The molecule has 1 heterocycles. The van der Waals surface area contributed by atoms with E-state index in [1.165, 1.54) is 4.90 Å². The third-order valence-electron chi connectivity index (χ3n) is 5.05. The molecule has 0 bridgehead atoms. The molecule has 1 fully saturated rings. The van der Waals surface area contributed by atoms with Gasteiger partial charge in [-0.25, -0.2) is 4.79 Å². The molecule has 0 aliphatic carbocycles. The topological polar surface area (TPSA) is 124 Å². The number of aliphatic carboxylic acids is 3. The quantitative estimate of drug-likeness (QED) is 0.389. The number of rotatable bonds is 14. The van der Waals surface area contributed by atoms with E-state index in [2.05, 4.69) is 0 Å². The van der Waals surface area contributed by atoms with E-state index in [-0.39, 0.29) is 13.0 Å². The standard InChI is InChI=1S/C19H33NO7/c1-3-5-7-9-14(17(21)22)20-12-13(11-15(20)18(23)24)27-16(19(25)26)10-8-6-4-2/h13-16H,3-12H2,1-2H3,(H,21,22)(H,23,24)(H,25,26). The van der Waals surface area contributed by atoms with Crippen molar-refractivity contribution >= 4 is 17.9 Å². The SMILES string of the molecule is CCCCCC(OC1CC(C(=O)O)N(C(CCCCC)C(=O)O)C1)C(=O)O. The van der Waals surface area contributed by atoms with E-state index >= 15 is 0 Å². The molecule has 4 unspecified atom stereocenters. The van der Waals surface area contributed by atoms with Gasteiger partial charge in [-0.05, 0) is 12.8 Å². The van der Waals surface area contributed by atoms with Crippen LogP contribution in [-0.4, -0.2) is 69.0 Å². The van der Waals surface area contributed by atoms with Gasteiger partial charge in [-0.1, -0.05) is 52.4 Å². The van der Waals surface area contributed by atoms with Crippen LogP contribution < -0.4 is 0 Å². The van der Waals surface area contributed by atoms with Crippen LogP contribution in [-0.2, 0) is 19.1 Å². The Morgan fingerprint density at radius 2 is 1.56 bits per heavy atom. The van der Waals surface area contributed by atoms with E-state index in [0.29, 0.717) is 19.3 Å². The maximum atomic E-state index is 11.7. The van der Waals surface area contributed by atoms with Crippen LogP contribution in [0.1, 0.15) is 71.6 Å². The predicted octanol–water partition coefficient (Wildman–Crippen LogP) is 2.60. The Hall–Kier alpha value is -1.67. The molecule has 8 heteroatoms. The van der Waals surface area contributed by atoms with Crippen LogP contribution in [0.25, 0.3) is 0 Å². The number of carboxylic acids is 3. The van der Waals surface area contributed by atoms with Crippen LogP contribution in [0.2, 0.25) is 0 Å². The van der Waals surface area contributed by atoms with Gasteiger partial charge in [0.1, 0.15) is 12.1 Å². The Morgan fingerprint density at radius 1 is 0.963 bits per heavy atom. The molecule has 0 amide bonds. The Labute approximate surface area is 160 Å². The zero-order valence-corrected chi connectivity index (χ0v) is 16.3. The lowest BCUT2D eigenvalue weighted by atomic mass is 10.1. The Balaban J connectivity index is 2.80. The number of unbranched alkanes of at least 4 members (excludes halogenated alkanes) is 4. The third kappa shape index (κ3) is 7.46. The molecule has 1 aliphatic heterocycles. The summed E-state index contributed by atoms with van der Waals surface area (Å²) in [7, 11) is 0. The maximum Gasteiger partial charge on any atom is 0.332 e. The molecule has 1 rings (SSSR count). The fourth-order valence-electron chi connectivity index (χ4n) is 3.59. The van der Waals surface area contributed by atoms with Crippen molar-refractivity contribution in [3.8, 4) is 0 Å². The number of carbonyl (C=O) groups is 3. The monoisotopic (exact) mass is 387 g/mol. The molecule has 0 aromatic rings. The molecule has 0 aromatic carbocycles. The molecule has 0 saturated carbocycles. The van der Waals surface area contributed by atoms with E-state index in [9.17, 15) is 29.7 Å². The van der Waals surface area contributed by atoms with E-state index in [4.69, 9.17) is 4.74 Å². The molecule has 0 aromatic heterocycles. The molecule has 27 heavy (non-hydrogen) atoms. The predicted molar refractivity (Wildman–Crippen MR) is 98.8 cm³/mol. The Bertz CT molecular complexity index is 496. The molecular formula is C19H33NO7. The number of hydrogen-bond donors (Lipinski definition) is 3. The zero-order chi connectivity index (χ0) is 20.4. The van der Waals surface area contributed by atoms with Crippen molar-refractivity contribution in [1.82, 2.24) is 4.90 Å². The van der Waals surface area contributed by atoms with Crippen molar-refractivity contribution in [3.63, 3.8) is 0 Å². The summed E-state index contributed by atoms with van der Waals surface area (Å²) in [5, 5.41) is 28.4. The second-order valence-electron chi connectivity index (χ2n) is 7.22. The highest BCUT2D eigenvalue weighted by atomic mass is 16.5. The van der Waals surface area contributed by atoms with Gasteiger partial charge in [0.2, 0.25) is 0 Å². The Morgan fingerprint density at radius 3 is 2.04 bits per heavy atom. The first-order valence-corrected chi connectivity index (χ1v) is 9.91. The number of carboxylic acid groups (broad SMARTS) is 3. The van der Waals surface area contributed by atoms with Gasteiger partial charge in [-0.3, -0.25) is 14.5 Å². The largest absolute Gasteiger partial charge is 0.480 e. The van der Waals surface area contributed by atoms with Gasteiger partial charge in [0, 0.05) is 13.0 Å². The van der Waals surface area contributed by atoms with Crippen LogP contribution in [0.5, 0.6) is 0 Å². The second-order valence-corrected chi connectivity index (χ2v) is 7.22. The van der Waals surface area contributed by atoms with Gasteiger partial charge >= 0.3 is 17.9 Å². The number of ether oxygens (including phenoxy) is 1. The van der Waals surface area contributed by atoms with Gasteiger partial charge < -0.3 is 20.1 Å². The van der Waals surface area contributed by atoms with Crippen LogP contribution in [0.4, 0.5) is 0 Å². The third-order valence-corrected chi connectivity index (χ3v) is 5.05. The summed E-state index contributed by atoms with van der Waals surface area (Å²) in [6.07, 6.45) is 4.38. The smallest absolute Gasteiger partial charge is 0.332 e. The van der Waals surface area contributed by atoms with Crippen LogP contribution in [0.3, 0.4) is 0 Å². The van der Waals surface area contributed by atoms with Crippen LogP contribution >= 0.6 is 0 Å². The first-order chi connectivity index (χ1) is 12.8. The van der Waals surface area contributed by atoms with E-state index in [1.807, 2.05) is 13.8 Å². The van der Waals surface area contributed by atoms with E-state index < -0.39 is 42.2 Å². The highest BCUT2D eigenvalue weighted by molar-refractivity contribution is 5.78. The van der Waals surface area contributed by atoms with E-state index in [0.717, 1.165) is 32.1 Å². The van der Waals surface area contributed by atoms with Crippen molar-refractivity contribution in [2.24, 2.45) is 0 Å². The lowest BCUT2D eigenvalue weighted by Gasteiger charge is -2.28. The fraction of sp³-hybridized carbons (Fsp3) is 0.842. The minimum absolute atomic E-state index is 0.102. The number of likely N-dealkylation sites (tertiary alicyclic amines) is 1. The normalized spacial score (nSPS) is 22.4. The summed E-state index contributed by atoms with van der Waals surface area (Å²) in [4.78, 5) is 36.2. The summed E-state index contributed by atoms with van der Waals surface area (Å²) < 4.78 is 5.69. The van der Waals surface area contributed by atoms with Crippen molar-refractivity contribution in [2.75, 3.05) is 6.54 Å². The molecular weight excluding hydrogens is 354 g/mol. The summed E-state index contributed by atoms with van der Waals surface area (Å²) in [6.45, 7) is 4.16. The van der Waals surface area contributed by atoms with Gasteiger partial charge in [0.25, 0.3) is 0 Å². The highest BCUT2D eigenvalue weighted by Crippen LogP contribution is 2.27. The number of hydrogen-bond acceptors (Lipinski definition) is 5. The minimum atomic E-state index is -1.10. The molecule has 3 N–H and O–H groups in total. The zero-order valence-electron chi connectivity index (χ0n) is 16.3. The molecule has 4 atom stereocenters. The fourth-order valence-corrected chi connectivity index (χ4v) is 3.59. The molecule has 0 spiro atoms. The Kier molecular flexibility index (Phi) is 10.3. The second kappa shape index (κ2) is 11.9. The molecule has 1 aliphatic rings. The minimum Gasteiger partial charge on any atom is -0.480 e. The molecule has 1 saturated heterocycles. The average Bonchev–Trinajstić information content (AvgIpc) is 3.01. The first kappa shape index (κ1) is 23.4. The van der Waals surface area contributed by atoms with Gasteiger partial charge in [-0.2, -0.15) is 0 Å².